The van der Waals surface area contributed by atoms with Crippen molar-refractivity contribution in [3.63, 3.8) is 0 Å². The Morgan fingerprint density at radius 3 is 2.57 bits per heavy atom. The molecule has 2 rings (SSSR count). The van der Waals surface area contributed by atoms with Crippen molar-refractivity contribution in [2.45, 2.75) is 13.8 Å². The van der Waals surface area contributed by atoms with E-state index in [2.05, 4.69) is 0 Å². The Balaban J connectivity index is 2.52. The van der Waals surface area contributed by atoms with Gasteiger partial charge in [0, 0.05) is 5.56 Å². The average molecular weight is 306 g/mol. The van der Waals surface area contributed by atoms with Gasteiger partial charge in [0.05, 0.1) is 21.6 Å². The summed E-state index contributed by atoms with van der Waals surface area (Å²) in [5, 5.41) is 11.3. The van der Waals surface area contributed by atoms with E-state index in [1.165, 1.54) is 6.07 Å². The van der Waals surface area contributed by atoms with Gasteiger partial charge in [0.2, 0.25) is 0 Å². The fourth-order valence-electron chi connectivity index (χ4n) is 1.96. The molecule has 0 bridgehead atoms. The molecule has 0 aliphatic rings. The molecule has 0 aliphatic carbocycles. The zero-order valence-electron chi connectivity index (χ0n) is 11.4. The van der Waals surface area contributed by atoms with Gasteiger partial charge >= 0.3 is 0 Å². The van der Waals surface area contributed by atoms with Crippen LogP contribution in [-0.4, -0.2) is 11.2 Å². The van der Waals surface area contributed by atoms with E-state index in [0.29, 0.717) is 17.6 Å². The highest BCUT2D eigenvalue weighted by Gasteiger charge is 2.17. The normalized spacial score (nSPS) is 10.2. The lowest BCUT2D eigenvalue weighted by atomic mass is 10.1. The number of para-hydroxylation sites is 1. The minimum atomic E-state index is -0.477. The van der Waals surface area contributed by atoms with Gasteiger partial charge in [-0.1, -0.05) is 17.7 Å². The van der Waals surface area contributed by atoms with E-state index in [4.69, 9.17) is 16.3 Å². The van der Waals surface area contributed by atoms with Crippen LogP contribution in [0.5, 0.6) is 11.5 Å². The second-order valence-corrected chi connectivity index (χ2v) is 4.95. The van der Waals surface area contributed by atoms with Crippen molar-refractivity contribution in [3.05, 3.63) is 62.2 Å². The molecular formula is C15H12ClNO4. The highest BCUT2D eigenvalue weighted by Crippen LogP contribution is 2.36. The number of aldehydes is 1. The van der Waals surface area contributed by atoms with Crippen LogP contribution in [0.3, 0.4) is 0 Å². The van der Waals surface area contributed by atoms with Crippen LogP contribution in [0.4, 0.5) is 5.69 Å². The summed E-state index contributed by atoms with van der Waals surface area (Å²) < 4.78 is 5.64. The Kier molecular flexibility index (Phi) is 4.23. The van der Waals surface area contributed by atoms with E-state index in [9.17, 15) is 14.9 Å². The van der Waals surface area contributed by atoms with Crippen molar-refractivity contribution in [2.75, 3.05) is 0 Å². The molecule has 0 aliphatic heterocycles. The Morgan fingerprint density at radius 1 is 1.24 bits per heavy atom. The maximum Gasteiger partial charge on any atom is 0.276 e. The third kappa shape index (κ3) is 3.03. The number of ether oxygens (including phenoxy) is 1. The number of nitro benzene ring substituents is 1. The number of benzene rings is 2. The predicted molar refractivity (Wildman–Crippen MR) is 79.5 cm³/mol. The monoisotopic (exact) mass is 305 g/mol. The molecule has 0 heterocycles. The molecule has 0 atom stereocenters. The first kappa shape index (κ1) is 15.0. The summed E-state index contributed by atoms with van der Waals surface area (Å²) in [4.78, 5) is 21.6. The van der Waals surface area contributed by atoms with E-state index >= 15 is 0 Å². The van der Waals surface area contributed by atoms with E-state index < -0.39 is 4.92 Å². The van der Waals surface area contributed by atoms with E-state index in [-0.39, 0.29) is 22.0 Å². The molecule has 0 aromatic heterocycles. The maximum absolute atomic E-state index is 11.0. The van der Waals surface area contributed by atoms with Gasteiger partial charge in [0.25, 0.3) is 5.69 Å². The highest BCUT2D eigenvalue weighted by atomic mass is 35.5. The quantitative estimate of drug-likeness (QED) is 0.475. The smallest absolute Gasteiger partial charge is 0.276 e. The molecule has 2 aromatic carbocycles. The van der Waals surface area contributed by atoms with Crippen LogP contribution >= 0.6 is 11.6 Å². The van der Waals surface area contributed by atoms with Crippen LogP contribution in [0.15, 0.2) is 30.3 Å². The lowest BCUT2D eigenvalue weighted by Gasteiger charge is -2.12. The summed E-state index contributed by atoms with van der Waals surface area (Å²) in [6, 6.07) is 7.77. The average Bonchev–Trinajstić information content (AvgIpc) is 2.43. The van der Waals surface area contributed by atoms with Crippen molar-refractivity contribution < 1.29 is 14.5 Å². The summed E-state index contributed by atoms with van der Waals surface area (Å²) >= 11 is 6.03. The van der Waals surface area contributed by atoms with E-state index in [0.717, 1.165) is 5.56 Å². The van der Waals surface area contributed by atoms with Crippen molar-refractivity contribution in [1.82, 2.24) is 0 Å². The molecule has 0 fully saturated rings. The molecule has 0 saturated carbocycles. The maximum atomic E-state index is 11.0. The molecule has 6 heteroatoms. The number of carbonyl (C=O) groups excluding carboxylic acids is 1. The number of hydrogen-bond acceptors (Lipinski definition) is 4. The van der Waals surface area contributed by atoms with Gasteiger partial charge in [0.15, 0.2) is 12.0 Å². The second kappa shape index (κ2) is 5.93. The zero-order valence-corrected chi connectivity index (χ0v) is 12.2. The van der Waals surface area contributed by atoms with Crippen LogP contribution in [0.25, 0.3) is 0 Å². The molecule has 0 amide bonds. The summed E-state index contributed by atoms with van der Waals surface area (Å²) in [6.07, 6.45) is 0.624. The van der Waals surface area contributed by atoms with Crippen LogP contribution in [-0.2, 0) is 0 Å². The highest BCUT2D eigenvalue weighted by molar-refractivity contribution is 6.32. The number of carbonyl (C=O) groups is 1. The third-order valence-corrected chi connectivity index (χ3v) is 3.32. The first-order chi connectivity index (χ1) is 9.93. The second-order valence-electron chi connectivity index (χ2n) is 4.54. The Bertz CT molecular complexity index is 728. The number of nitrogens with zero attached hydrogens (tertiary/aromatic N) is 1. The number of rotatable bonds is 4. The molecule has 108 valence electrons. The van der Waals surface area contributed by atoms with Crippen LogP contribution in [0, 0.1) is 24.0 Å². The minimum absolute atomic E-state index is 0.0460. The summed E-state index contributed by atoms with van der Waals surface area (Å²) in [5.41, 5.74) is 1.50. The van der Waals surface area contributed by atoms with Gasteiger partial charge in [-0.2, -0.15) is 0 Å². The van der Waals surface area contributed by atoms with Gasteiger partial charge in [-0.15, -0.1) is 0 Å². The molecule has 0 spiro atoms. The number of aryl methyl sites for hydroxylation is 2. The van der Waals surface area contributed by atoms with Gasteiger partial charge in [0.1, 0.15) is 5.75 Å². The number of hydrogen-bond donors (Lipinski definition) is 0. The Hall–Kier alpha value is -2.40. The van der Waals surface area contributed by atoms with Crippen LogP contribution in [0.1, 0.15) is 21.5 Å². The van der Waals surface area contributed by atoms with Crippen LogP contribution < -0.4 is 4.74 Å². The molecule has 21 heavy (non-hydrogen) atoms. The van der Waals surface area contributed by atoms with Crippen molar-refractivity contribution in [2.24, 2.45) is 0 Å². The van der Waals surface area contributed by atoms with Gasteiger partial charge < -0.3 is 4.74 Å². The first-order valence-corrected chi connectivity index (χ1v) is 6.49. The molecule has 0 N–H and O–H groups in total. The largest absolute Gasteiger partial charge is 0.455 e. The van der Waals surface area contributed by atoms with Gasteiger partial charge in [-0.3, -0.25) is 14.9 Å². The third-order valence-electron chi connectivity index (χ3n) is 3.03. The van der Waals surface area contributed by atoms with E-state index in [1.54, 1.807) is 38.1 Å². The van der Waals surface area contributed by atoms with Gasteiger partial charge in [-0.05, 0) is 37.6 Å². The van der Waals surface area contributed by atoms with Crippen molar-refractivity contribution in [3.8, 4) is 11.5 Å². The first-order valence-electron chi connectivity index (χ1n) is 6.11. The molecule has 0 saturated heterocycles. The SMILES string of the molecule is Cc1cc(C)c([N+](=O)[O-])cc1Oc1c(Cl)cccc1C=O. The predicted octanol–water partition coefficient (Wildman–Crippen LogP) is 4.47. The topological polar surface area (TPSA) is 69.4 Å². The summed E-state index contributed by atoms with van der Waals surface area (Å²) in [6.45, 7) is 3.42. The molecule has 2 aromatic rings. The molecular weight excluding hydrogens is 294 g/mol. The fraction of sp³-hybridized carbons (Fsp3) is 0.133. The summed E-state index contributed by atoms with van der Waals surface area (Å²) in [7, 11) is 0. The molecule has 0 radical (unpaired) electrons. The lowest BCUT2D eigenvalue weighted by molar-refractivity contribution is -0.385. The Morgan fingerprint density at radius 2 is 1.95 bits per heavy atom. The minimum Gasteiger partial charge on any atom is -0.455 e. The van der Waals surface area contributed by atoms with Crippen molar-refractivity contribution >= 4 is 23.6 Å². The number of nitro groups is 1. The summed E-state index contributed by atoms with van der Waals surface area (Å²) in [5.74, 6) is 0.485. The van der Waals surface area contributed by atoms with Crippen LogP contribution in [0.2, 0.25) is 5.02 Å². The van der Waals surface area contributed by atoms with Gasteiger partial charge in [-0.25, -0.2) is 0 Å². The zero-order chi connectivity index (χ0) is 15.6. The van der Waals surface area contributed by atoms with E-state index in [1.807, 2.05) is 0 Å². The standard InChI is InChI=1S/C15H12ClNO4/c1-9-6-10(2)14(7-13(9)17(19)20)21-15-11(8-18)4-3-5-12(15)16/h3-8H,1-2H3. The van der Waals surface area contributed by atoms with Crippen molar-refractivity contribution in [1.29, 1.82) is 0 Å². The molecule has 5 nitrogen and oxygen atoms in total. The lowest BCUT2D eigenvalue weighted by Crippen LogP contribution is -1.97. The Labute approximate surface area is 126 Å². The number of halogens is 1. The fourth-order valence-corrected chi connectivity index (χ4v) is 2.18. The molecule has 0 unspecified atom stereocenters.